The zero-order valence-corrected chi connectivity index (χ0v) is 30.6. The van der Waals surface area contributed by atoms with E-state index >= 15 is 0 Å². The number of methoxy groups -OCH3 is 1. The number of likely N-dealkylation sites (tertiary alicyclic amines) is 1. The average molecular weight is 753 g/mol. The van der Waals surface area contributed by atoms with Crippen molar-refractivity contribution in [1.82, 2.24) is 40.0 Å². The van der Waals surface area contributed by atoms with Crippen LogP contribution in [-0.4, -0.2) is 73.0 Å². The minimum Gasteiger partial charge on any atom is -0.453 e. The molecule has 14 nitrogen and oxygen atoms in total. The Hall–Kier alpha value is -6.96. The maximum Gasteiger partial charge on any atom is 0.410 e. The van der Waals surface area contributed by atoms with Crippen LogP contribution in [0.3, 0.4) is 0 Å². The number of H-pyrrole nitrogens is 2. The van der Waals surface area contributed by atoms with Gasteiger partial charge < -0.3 is 34.1 Å². The smallest absolute Gasteiger partial charge is 0.410 e. The van der Waals surface area contributed by atoms with Gasteiger partial charge in [-0.1, -0.05) is 97.1 Å². The Kier molecular flexibility index (Phi) is 10.4. The van der Waals surface area contributed by atoms with Crippen molar-refractivity contribution >= 4 is 18.1 Å². The summed E-state index contributed by atoms with van der Waals surface area (Å²) in [6, 6.07) is 24.9. The van der Waals surface area contributed by atoms with E-state index in [0.717, 1.165) is 41.6 Å². The van der Waals surface area contributed by atoms with Crippen molar-refractivity contribution in [1.29, 1.82) is 0 Å². The van der Waals surface area contributed by atoms with E-state index in [0.29, 0.717) is 47.6 Å². The van der Waals surface area contributed by atoms with Gasteiger partial charge >= 0.3 is 12.2 Å². The van der Waals surface area contributed by atoms with Crippen molar-refractivity contribution in [3.63, 3.8) is 0 Å². The van der Waals surface area contributed by atoms with E-state index in [-0.39, 0.29) is 18.6 Å². The fourth-order valence-corrected chi connectivity index (χ4v) is 7.11. The molecule has 1 saturated heterocycles. The molecule has 0 saturated carbocycles. The zero-order chi connectivity index (χ0) is 38.4. The molecule has 56 heavy (non-hydrogen) atoms. The van der Waals surface area contributed by atoms with Gasteiger partial charge in [-0.15, -0.1) is 0 Å². The van der Waals surface area contributed by atoms with Crippen molar-refractivity contribution in [2.75, 3.05) is 20.2 Å². The largest absolute Gasteiger partial charge is 0.453 e. The maximum absolute atomic E-state index is 13.9. The fraction of sp³-hybridized carbons (Fsp3) is 0.238. The lowest BCUT2D eigenvalue weighted by Crippen LogP contribution is -2.42. The van der Waals surface area contributed by atoms with Crippen LogP contribution in [0.15, 0.2) is 120 Å². The SMILES string of the molecule is COC(=O)N[C@@H](C(=O)N1CCC[C@H]1c1ncc(-c2ccc(-c3cnc(-c4c[nH]c([C@@H]5C=CCCN5C(=O)OCc5ccccc5)n4)o3)cc2)[nH]1)c1ccccc1. The van der Waals surface area contributed by atoms with Crippen molar-refractivity contribution in [2.45, 2.75) is 44.0 Å². The monoisotopic (exact) mass is 752 g/mol. The van der Waals surface area contributed by atoms with E-state index in [4.69, 9.17) is 18.9 Å². The minimum absolute atomic E-state index is 0.190. The van der Waals surface area contributed by atoms with Gasteiger partial charge in [-0.2, -0.15) is 0 Å². The van der Waals surface area contributed by atoms with Crippen LogP contribution in [0.2, 0.25) is 0 Å². The molecule has 8 rings (SSSR count). The van der Waals surface area contributed by atoms with Gasteiger partial charge in [0, 0.05) is 24.8 Å². The number of oxazole rings is 1. The number of aromatic nitrogens is 5. The summed E-state index contributed by atoms with van der Waals surface area (Å²) < 4.78 is 16.6. The number of hydrogen-bond acceptors (Lipinski definition) is 9. The van der Waals surface area contributed by atoms with E-state index in [1.165, 1.54) is 7.11 Å². The molecule has 0 radical (unpaired) electrons. The standard InChI is InChI=1S/C42H40N8O6/c1-54-41(52)48-36(30-13-6-3-7-14-30)40(51)49-22-10-16-33(49)37-43-23-31(46-37)28-17-19-29(20-18-28)35-25-45-39(56-35)32-24-44-38(47-32)34-15-8-9-21-50(34)42(53)55-26-27-11-4-2-5-12-27/h2-8,11-15,17-20,23-25,33-34,36H,9-10,16,21-22,26H2,1H3,(H,43,46)(H,44,47)(H,48,52)/t33-,34-,36+/m0/s1. The number of rotatable bonds is 10. The second kappa shape index (κ2) is 16.2. The summed E-state index contributed by atoms with van der Waals surface area (Å²) in [5.74, 6) is 1.94. The molecular formula is C42H40N8O6. The molecule has 0 spiro atoms. The van der Waals surface area contributed by atoms with Crippen LogP contribution in [0.5, 0.6) is 0 Å². The number of benzene rings is 3. The number of hydrogen-bond donors (Lipinski definition) is 3. The molecule has 3 N–H and O–H groups in total. The number of nitrogens with one attached hydrogen (secondary N) is 3. The fourth-order valence-electron chi connectivity index (χ4n) is 7.11. The van der Waals surface area contributed by atoms with Crippen molar-refractivity contribution in [2.24, 2.45) is 0 Å². The summed E-state index contributed by atoms with van der Waals surface area (Å²) in [5, 5.41) is 2.70. The second-order valence-corrected chi connectivity index (χ2v) is 13.5. The predicted molar refractivity (Wildman–Crippen MR) is 205 cm³/mol. The number of nitrogens with zero attached hydrogens (tertiary/aromatic N) is 5. The molecule has 14 heteroatoms. The lowest BCUT2D eigenvalue weighted by atomic mass is 10.1. The van der Waals surface area contributed by atoms with E-state index < -0.39 is 24.3 Å². The van der Waals surface area contributed by atoms with Crippen LogP contribution in [0.25, 0.3) is 34.2 Å². The summed E-state index contributed by atoms with van der Waals surface area (Å²) in [7, 11) is 1.27. The highest BCUT2D eigenvalue weighted by Gasteiger charge is 2.37. The zero-order valence-electron chi connectivity index (χ0n) is 30.6. The van der Waals surface area contributed by atoms with Gasteiger partial charge in [0.25, 0.3) is 5.91 Å². The number of carbonyl (C=O) groups is 3. The van der Waals surface area contributed by atoms with Crippen molar-refractivity contribution in [3.8, 4) is 34.2 Å². The number of ether oxygens (including phenoxy) is 2. The molecule has 2 aliphatic heterocycles. The number of amides is 3. The topological polar surface area (TPSA) is 172 Å². The molecule has 3 amide bonds. The van der Waals surface area contributed by atoms with E-state index in [9.17, 15) is 14.4 Å². The summed E-state index contributed by atoms with van der Waals surface area (Å²) in [4.78, 5) is 63.1. The molecule has 2 aliphatic rings. The molecule has 5 heterocycles. The Balaban J connectivity index is 0.928. The molecule has 0 aliphatic carbocycles. The van der Waals surface area contributed by atoms with E-state index in [2.05, 4.69) is 25.3 Å². The lowest BCUT2D eigenvalue weighted by molar-refractivity contribution is -0.134. The van der Waals surface area contributed by atoms with Gasteiger partial charge in [-0.05, 0) is 36.0 Å². The predicted octanol–water partition coefficient (Wildman–Crippen LogP) is 7.52. The number of carbonyl (C=O) groups excluding carboxylic acids is 3. The van der Waals surface area contributed by atoms with Crippen LogP contribution in [0, 0.1) is 0 Å². The van der Waals surface area contributed by atoms with E-state index in [1.807, 2.05) is 97.1 Å². The summed E-state index contributed by atoms with van der Waals surface area (Å²) in [5.41, 5.74) is 4.63. The minimum atomic E-state index is -0.890. The Morgan fingerprint density at radius 1 is 0.911 bits per heavy atom. The van der Waals surface area contributed by atoms with Gasteiger partial charge in [-0.3, -0.25) is 9.69 Å². The number of imidazole rings is 2. The first-order valence-corrected chi connectivity index (χ1v) is 18.5. The van der Waals surface area contributed by atoms with Crippen molar-refractivity contribution in [3.05, 3.63) is 138 Å². The highest BCUT2D eigenvalue weighted by atomic mass is 16.6. The Bertz CT molecular complexity index is 2320. The Morgan fingerprint density at radius 3 is 2.46 bits per heavy atom. The molecule has 6 aromatic rings. The molecule has 3 aromatic heterocycles. The van der Waals surface area contributed by atoms with Crippen molar-refractivity contribution < 1.29 is 28.3 Å². The second-order valence-electron chi connectivity index (χ2n) is 13.5. The lowest BCUT2D eigenvalue weighted by Gasteiger charge is -2.30. The van der Waals surface area contributed by atoms with Crippen LogP contribution in [0.4, 0.5) is 9.59 Å². The number of alkyl carbamates (subject to hydrolysis) is 1. The molecular weight excluding hydrogens is 713 g/mol. The normalized spacial score (nSPS) is 17.1. The first kappa shape index (κ1) is 36.0. The first-order chi connectivity index (χ1) is 27.4. The third kappa shape index (κ3) is 7.67. The Labute approximate surface area is 322 Å². The quantitative estimate of drug-likeness (QED) is 0.120. The highest BCUT2D eigenvalue weighted by molar-refractivity contribution is 5.87. The van der Waals surface area contributed by atoms with Gasteiger partial charge in [0.1, 0.15) is 36.0 Å². The summed E-state index contributed by atoms with van der Waals surface area (Å²) in [6.07, 6.45) is 10.3. The highest BCUT2D eigenvalue weighted by Crippen LogP contribution is 2.35. The molecule has 3 atom stereocenters. The molecule has 0 unspecified atom stereocenters. The van der Waals surface area contributed by atoms with Crippen LogP contribution >= 0.6 is 0 Å². The molecule has 1 fully saturated rings. The van der Waals surface area contributed by atoms with Crippen LogP contribution < -0.4 is 5.32 Å². The third-order valence-corrected chi connectivity index (χ3v) is 9.99. The summed E-state index contributed by atoms with van der Waals surface area (Å²) >= 11 is 0. The van der Waals surface area contributed by atoms with Crippen LogP contribution in [0.1, 0.15) is 60.2 Å². The average Bonchev–Trinajstić information content (AvgIpc) is 4.10. The van der Waals surface area contributed by atoms with Crippen LogP contribution in [-0.2, 0) is 20.9 Å². The molecule has 284 valence electrons. The Morgan fingerprint density at radius 2 is 1.68 bits per heavy atom. The maximum atomic E-state index is 13.9. The summed E-state index contributed by atoms with van der Waals surface area (Å²) in [6.45, 7) is 1.24. The molecule has 0 bridgehead atoms. The first-order valence-electron chi connectivity index (χ1n) is 18.5. The van der Waals surface area contributed by atoms with Gasteiger partial charge in [0.05, 0.1) is 31.2 Å². The van der Waals surface area contributed by atoms with Gasteiger partial charge in [0.2, 0.25) is 5.89 Å². The number of aromatic amines is 2. The third-order valence-electron chi connectivity index (χ3n) is 9.99. The van der Waals surface area contributed by atoms with Gasteiger partial charge in [-0.25, -0.2) is 24.5 Å². The van der Waals surface area contributed by atoms with E-state index in [1.54, 1.807) is 28.4 Å². The molecule has 3 aromatic carbocycles. The van der Waals surface area contributed by atoms with Gasteiger partial charge in [0.15, 0.2) is 5.76 Å².